The zero-order chi connectivity index (χ0) is 27.5. The lowest BCUT2D eigenvalue weighted by Crippen LogP contribution is -2.43. The SMILES string of the molecule is CC1(C)CC(Nc2cc(CN3C(=O)N(c4ccc(C5(C(F)(F)F)CC5)cc4)C(=O)C3(C)C)ccn2)CCO1. The molecule has 1 atom stereocenters. The van der Waals surface area contributed by atoms with Crippen LogP contribution in [0.5, 0.6) is 0 Å². The van der Waals surface area contributed by atoms with E-state index in [2.05, 4.69) is 24.1 Å². The number of carbonyl (C=O) groups is 2. The van der Waals surface area contributed by atoms with Crippen molar-refractivity contribution in [2.45, 2.75) is 88.7 Å². The number of aromatic nitrogens is 1. The van der Waals surface area contributed by atoms with Gasteiger partial charge >= 0.3 is 12.2 Å². The van der Waals surface area contributed by atoms with Crippen LogP contribution in [0.25, 0.3) is 0 Å². The van der Waals surface area contributed by atoms with Gasteiger partial charge in [0.2, 0.25) is 0 Å². The van der Waals surface area contributed by atoms with Gasteiger partial charge in [0.1, 0.15) is 11.4 Å². The third-order valence-corrected chi connectivity index (χ3v) is 8.01. The number of ether oxygens (including phenoxy) is 1. The molecular weight excluding hydrogens is 497 g/mol. The molecule has 7 nitrogen and oxygen atoms in total. The Morgan fingerprint density at radius 3 is 2.37 bits per heavy atom. The van der Waals surface area contributed by atoms with Crippen LogP contribution in [0.3, 0.4) is 0 Å². The Balaban J connectivity index is 1.33. The number of imide groups is 1. The second-order valence-corrected chi connectivity index (χ2v) is 11.7. The Labute approximate surface area is 220 Å². The topological polar surface area (TPSA) is 74.8 Å². The molecule has 0 spiro atoms. The van der Waals surface area contributed by atoms with Crippen molar-refractivity contribution in [2.24, 2.45) is 0 Å². The second-order valence-electron chi connectivity index (χ2n) is 11.7. The number of carbonyl (C=O) groups excluding carboxylic acids is 2. The minimum absolute atomic E-state index is 0.0489. The second kappa shape index (κ2) is 8.97. The number of nitrogens with zero attached hydrogens (tertiary/aromatic N) is 3. The summed E-state index contributed by atoms with van der Waals surface area (Å²) in [6.07, 6.45) is -0.864. The molecule has 3 amide bonds. The van der Waals surface area contributed by atoms with Crippen molar-refractivity contribution in [2.75, 3.05) is 16.8 Å². The van der Waals surface area contributed by atoms with Crippen molar-refractivity contribution in [1.82, 2.24) is 9.88 Å². The maximum atomic E-state index is 13.5. The van der Waals surface area contributed by atoms with Crippen molar-refractivity contribution in [3.05, 3.63) is 53.7 Å². The fourth-order valence-electron chi connectivity index (χ4n) is 5.52. The van der Waals surface area contributed by atoms with Crippen LogP contribution < -0.4 is 10.2 Å². The Hall–Kier alpha value is -3.14. The summed E-state index contributed by atoms with van der Waals surface area (Å²) < 4.78 is 46.4. The van der Waals surface area contributed by atoms with Gasteiger partial charge in [0.05, 0.1) is 16.7 Å². The lowest BCUT2D eigenvalue weighted by molar-refractivity contribution is -0.160. The Morgan fingerprint density at radius 2 is 1.76 bits per heavy atom. The number of pyridine rings is 1. The number of alkyl halides is 3. The number of anilines is 2. The highest BCUT2D eigenvalue weighted by molar-refractivity contribution is 6.22. The fourth-order valence-corrected chi connectivity index (χ4v) is 5.52. The van der Waals surface area contributed by atoms with Crippen molar-refractivity contribution in [1.29, 1.82) is 0 Å². The van der Waals surface area contributed by atoms with E-state index in [0.29, 0.717) is 12.4 Å². The van der Waals surface area contributed by atoms with Gasteiger partial charge in [-0.1, -0.05) is 12.1 Å². The third-order valence-electron chi connectivity index (χ3n) is 8.01. The molecule has 10 heteroatoms. The number of hydrogen-bond acceptors (Lipinski definition) is 5. The molecule has 204 valence electrons. The van der Waals surface area contributed by atoms with Crippen LogP contribution in [-0.2, 0) is 21.5 Å². The van der Waals surface area contributed by atoms with E-state index in [0.717, 1.165) is 23.3 Å². The van der Waals surface area contributed by atoms with Crippen molar-refractivity contribution >= 4 is 23.4 Å². The van der Waals surface area contributed by atoms with Crippen LogP contribution in [0.2, 0.25) is 0 Å². The van der Waals surface area contributed by atoms with Gasteiger partial charge in [-0.3, -0.25) is 4.79 Å². The van der Waals surface area contributed by atoms with Gasteiger partial charge in [0.25, 0.3) is 5.91 Å². The van der Waals surface area contributed by atoms with E-state index < -0.39 is 29.1 Å². The maximum Gasteiger partial charge on any atom is 0.398 e. The average molecular weight is 531 g/mol. The highest BCUT2D eigenvalue weighted by Gasteiger charge is 2.64. The van der Waals surface area contributed by atoms with Gasteiger partial charge < -0.3 is 15.0 Å². The van der Waals surface area contributed by atoms with E-state index in [1.165, 1.54) is 29.2 Å². The van der Waals surface area contributed by atoms with E-state index in [1.54, 1.807) is 26.1 Å². The van der Waals surface area contributed by atoms with Gasteiger partial charge in [-0.05, 0) is 88.8 Å². The molecule has 1 aromatic carbocycles. The number of benzene rings is 1. The van der Waals surface area contributed by atoms with Crippen LogP contribution in [-0.4, -0.2) is 51.8 Å². The maximum absolute atomic E-state index is 13.5. The van der Waals surface area contributed by atoms with E-state index in [1.807, 2.05) is 6.07 Å². The first-order chi connectivity index (χ1) is 17.7. The average Bonchev–Trinajstić information content (AvgIpc) is 3.62. The minimum Gasteiger partial charge on any atom is -0.375 e. The van der Waals surface area contributed by atoms with Crippen LogP contribution in [0.1, 0.15) is 64.5 Å². The first kappa shape index (κ1) is 26.5. The van der Waals surface area contributed by atoms with E-state index in [4.69, 9.17) is 4.74 Å². The first-order valence-corrected chi connectivity index (χ1v) is 12.9. The molecule has 3 aliphatic rings. The van der Waals surface area contributed by atoms with Gasteiger partial charge in [-0.25, -0.2) is 14.7 Å². The lowest BCUT2D eigenvalue weighted by Gasteiger charge is -2.36. The molecular formula is C28H33F3N4O3. The van der Waals surface area contributed by atoms with E-state index in [9.17, 15) is 22.8 Å². The third kappa shape index (κ3) is 4.63. The van der Waals surface area contributed by atoms with Gasteiger partial charge in [0, 0.05) is 25.4 Å². The molecule has 1 N–H and O–H groups in total. The van der Waals surface area contributed by atoms with Crippen molar-refractivity contribution < 1.29 is 27.5 Å². The zero-order valence-electron chi connectivity index (χ0n) is 22.1. The molecule has 1 aliphatic carbocycles. The Kier molecular flexibility index (Phi) is 6.24. The normalized spacial score (nSPS) is 24.0. The Morgan fingerprint density at radius 1 is 1.08 bits per heavy atom. The zero-order valence-corrected chi connectivity index (χ0v) is 22.1. The van der Waals surface area contributed by atoms with Crippen molar-refractivity contribution in [3.63, 3.8) is 0 Å². The molecule has 1 saturated carbocycles. The van der Waals surface area contributed by atoms with Gasteiger partial charge in [-0.15, -0.1) is 0 Å². The molecule has 2 aromatic rings. The highest BCUT2D eigenvalue weighted by Crippen LogP contribution is 2.59. The summed E-state index contributed by atoms with van der Waals surface area (Å²) in [5.41, 5.74) is -1.94. The number of halogens is 3. The molecule has 38 heavy (non-hydrogen) atoms. The molecule has 1 aromatic heterocycles. The summed E-state index contributed by atoms with van der Waals surface area (Å²) >= 11 is 0. The monoisotopic (exact) mass is 530 g/mol. The number of urea groups is 1. The van der Waals surface area contributed by atoms with Crippen molar-refractivity contribution in [3.8, 4) is 0 Å². The smallest absolute Gasteiger partial charge is 0.375 e. The standard InChI is InChI=1S/C28H33F3N4O3/c1-25(2)16-20(10-14-38-25)33-22-15-18(9-13-32-22)17-34-24(37)35(23(36)26(34,3)4)21-7-5-19(6-8-21)27(11-12-27)28(29,30)31/h5-9,13,15,20H,10-12,14,16-17H2,1-4H3,(H,32,33). The Bertz CT molecular complexity index is 1240. The van der Waals surface area contributed by atoms with E-state index in [-0.39, 0.29) is 42.3 Å². The number of rotatable bonds is 6. The molecule has 2 aliphatic heterocycles. The fraction of sp³-hybridized carbons (Fsp3) is 0.536. The predicted molar refractivity (Wildman–Crippen MR) is 137 cm³/mol. The van der Waals surface area contributed by atoms with Crippen LogP contribution >= 0.6 is 0 Å². The molecule has 0 bridgehead atoms. The number of nitrogens with one attached hydrogen (secondary N) is 1. The summed E-state index contributed by atoms with van der Waals surface area (Å²) in [6.45, 7) is 8.31. The summed E-state index contributed by atoms with van der Waals surface area (Å²) in [7, 11) is 0. The van der Waals surface area contributed by atoms with Gasteiger partial charge in [0.15, 0.2) is 0 Å². The summed E-state index contributed by atoms with van der Waals surface area (Å²) in [5, 5.41) is 3.46. The molecule has 1 unspecified atom stereocenters. The highest BCUT2D eigenvalue weighted by atomic mass is 19.4. The lowest BCUT2D eigenvalue weighted by atomic mass is 9.94. The molecule has 3 heterocycles. The largest absolute Gasteiger partial charge is 0.398 e. The summed E-state index contributed by atoms with van der Waals surface area (Å²) in [4.78, 5) is 33.8. The first-order valence-electron chi connectivity index (χ1n) is 12.9. The number of amides is 3. The van der Waals surface area contributed by atoms with Crippen LogP contribution in [0, 0.1) is 0 Å². The van der Waals surface area contributed by atoms with Crippen LogP contribution in [0.15, 0.2) is 42.6 Å². The molecule has 0 radical (unpaired) electrons. The summed E-state index contributed by atoms with van der Waals surface area (Å²) in [6, 6.07) is 8.99. The minimum atomic E-state index is -4.33. The number of hydrogen-bond donors (Lipinski definition) is 1. The predicted octanol–water partition coefficient (Wildman–Crippen LogP) is 5.79. The van der Waals surface area contributed by atoms with E-state index >= 15 is 0 Å². The van der Waals surface area contributed by atoms with Crippen LogP contribution in [0.4, 0.5) is 29.5 Å². The quantitative estimate of drug-likeness (QED) is 0.479. The molecule has 5 rings (SSSR count). The van der Waals surface area contributed by atoms with Gasteiger partial charge in [-0.2, -0.15) is 13.2 Å². The molecule has 2 saturated heterocycles. The summed E-state index contributed by atoms with van der Waals surface area (Å²) in [5.74, 6) is 0.260. The molecule has 3 fully saturated rings.